The number of hydrogen-bond donors (Lipinski definition) is 0. The fourth-order valence-corrected chi connectivity index (χ4v) is 3.47. The van der Waals surface area contributed by atoms with Gasteiger partial charge in [-0.05, 0) is 59.3 Å². The van der Waals surface area contributed by atoms with Crippen LogP contribution >= 0.6 is 11.3 Å². The average Bonchev–Trinajstić information content (AvgIpc) is 3.01. The maximum Gasteiger partial charge on any atom is 0.253 e. The maximum absolute atomic E-state index is 13.2. The summed E-state index contributed by atoms with van der Waals surface area (Å²) in [6.07, 6.45) is 1.97. The van der Waals surface area contributed by atoms with Gasteiger partial charge in [0.15, 0.2) is 0 Å². The number of thiophene rings is 1. The molecular formula is C16H16FNOS. The smallest absolute Gasteiger partial charge is 0.253 e. The molecule has 0 N–H and O–H groups in total. The van der Waals surface area contributed by atoms with E-state index in [1.54, 1.807) is 23.5 Å². The quantitative estimate of drug-likeness (QED) is 0.821. The van der Waals surface area contributed by atoms with E-state index in [0.29, 0.717) is 11.5 Å². The Morgan fingerprint density at radius 1 is 1.25 bits per heavy atom. The molecule has 1 amide bonds. The van der Waals surface area contributed by atoms with Crippen LogP contribution in [0.25, 0.3) is 0 Å². The molecule has 0 radical (unpaired) electrons. The Balaban J connectivity index is 1.65. The van der Waals surface area contributed by atoms with Crippen molar-refractivity contribution in [3.63, 3.8) is 0 Å². The molecule has 3 rings (SSSR count). The molecule has 0 saturated carbocycles. The second kappa shape index (κ2) is 5.75. The zero-order chi connectivity index (χ0) is 13.9. The van der Waals surface area contributed by atoms with Crippen molar-refractivity contribution in [1.82, 2.24) is 4.90 Å². The third kappa shape index (κ3) is 2.75. The molecule has 0 aliphatic carbocycles. The first-order valence-electron chi connectivity index (χ1n) is 6.81. The van der Waals surface area contributed by atoms with Gasteiger partial charge in [0.2, 0.25) is 0 Å². The molecule has 1 fully saturated rings. The van der Waals surface area contributed by atoms with E-state index in [4.69, 9.17) is 0 Å². The highest BCUT2D eigenvalue weighted by molar-refractivity contribution is 7.07. The van der Waals surface area contributed by atoms with E-state index < -0.39 is 0 Å². The molecule has 104 valence electrons. The minimum Gasteiger partial charge on any atom is -0.339 e. The lowest BCUT2D eigenvalue weighted by molar-refractivity contribution is 0.0712. The Kier molecular flexibility index (Phi) is 3.83. The summed E-state index contributed by atoms with van der Waals surface area (Å²) < 4.78 is 13.2. The summed E-state index contributed by atoms with van der Waals surface area (Å²) in [5.41, 5.74) is 1.83. The number of piperidine rings is 1. The van der Waals surface area contributed by atoms with Gasteiger partial charge < -0.3 is 4.90 Å². The molecule has 1 aliphatic heterocycles. The first-order chi connectivity index (χ1) is 9.74. The molecule has 2 aromatic rings. The minimum atomic E-state index is -0.357. The van der Waals surface area contributed by atoms with Crippen LogP contribution in [0.15, 0.2) is 41.1 Å². The Bertz CT molecular complexity index is 588. The molecule has 0 bridgehead atoms. The van der Waals surface area contributed by atoms with Crippen LogP contribution < -0.4 is 0 Å². The highest BCUT2D eigenvalue weighted by Crippen LogP contribution is 2.29. The molecule has 0 spiro atoms. The van der Waals surface area contributed by atoms with Crippen LogP contribution in [0.4, 0.5) is 4.39 Å². The summed E-state index contributed by atoms with van der Waals surface area (Å²) >= 11 is 1.72. The Morgan fingerprint density at radius 2 is 2.05 bits per heavy atom. The number of amides is 1. The van der Waals surface area contributed by atoms with Crippen molar-refractivity contribution in [2.45, 2.75) is 18.8 Å². The van der Waals surface area contributed by atoms with Crippen LogP contribution in [0.2, 0.25) is 0 Å². The summed E-state index contributed by atoms with van der Waals surface area (Å²) in [6, 6.07) is 8.10. The van der Waals surface area contributed by atoms with Crippen molar-refractivity contribution in [3.05, 3.63) is 58.0 Å². The average molecular weight is 289 g/mol. The molecular weight excluding hydrogens is 273 g/mol. The number of benzene rings is 1. The molecule has 1 aromatic heterocycles. The molecule has 0 unspecified atom stereocenters. The van der Waals surface area contributed by atoms with Crippen LogP contribution in [0, 0.1) is 5.82 Å². The van der Waals surface area contributed by atoms with E-state index in [-0.39, 0.29) is 11.7 Å². The first-order valence-corrected chi connectivity index (χ1v) is 7.75. The molecule has 4 heteroatoms. The van der Waals surface area contributed by atoms with Crippen molar-refractivity contribution >= 4 is 17.2 Å². The number of hydrogen-bond acceptors (Lipinski definition) is 2. The van der Waals surface area contributed by atoms with Gasteiger partial charge in [0, 0.05) is 18.7 Å². The Hall–Kier alpha value is -1.68. The van der Waals surface area contributed by atoms with E-state index in [1.165, 1.54) is 17.7 Å². The summed E-state index contributed by atoms with van der Waals surface area (Å²) in [7, 11) is 0. The van der Waals surface area contributed by atoms with Gasteiger partial charge in [0.1, 0.15) is 5.82 Å². The number of carbonyl (C=O) groups is 1. The zero-order valence-electron chi connectivity index (χ0n) is 11.1. The van der Waals surface area contributed by atoms with Gasteiger partial charge in [-0.1, -0.05) is 6.07 Å². The van der Waals surface area contributed by atoms with Crippen molar-refractivity contribution in [3.8, 4) is 0 Å². The largest absolute Gasteiger partial charge is 0.339 e. The van der Waals surface area contributed by atoms with Gasteiger partial charge in [-0.25, -0.2) is 4.39 Å². The number of likely N-dealkylation sites (tertiary alicyclic amines) is 1. The van der Waals surface area contributed by atoms with Crippen LogP contribution in [-0.4, -0.2) is 23.9 Å². The van der Waals surface area contributed by atoms with Crippen molar-refractivity contribution < 1.29 is 9.18 Å². The fraction of sp³-hybridized carbons (Fsp3) is 0.312. The number of carbonyl (C=O) groups excluding carboxylic acids is 1. The summed E-state index contributed by atoms with van der Waals surface area (Å²) in [4.78, 5) is 14.1. The molecule has 1 aliphatic rings. The van der Waals surface area contributed by atoms with E-state index in [2.05, 4.69) is 16.8 Å². The SMILES string of the molecule is O=C(c1cccc(F)c1)N1CCC(c2ccsc2)CC1. The van der Waals surface area contributed by atoms with Crippen LogP contribution in [0.5, 0.6) is 0 Å². The molecule has 2 heterocycles. The van der Waals surface area contributed by atoms with Gasteiger partial charge in [-0.2, -0.15) is 11.3 Å². The van der Waals surface area contributed by atoms with E-state index in [0.717, 1.165) is 25.9 Å². The maximum atomic E-state index is 13.2. The van der Waals surface area contributed by atoms with Crippen molar-refractivity contribution in [2.24, 2.45) is 0 Å². The summed E-state index contributed by atoms with van der Waals surface area (Å²) in [5.74, 6) is 0.134. The van der Waals surface area contributed by atoms with Crippen molar-refractivity contribution in [1.29, 1.82) is 0 Å². The van der Waals surface area contributed by atoms with Crippen LogP contribution in [0.3, 0.4) is 0 Å². The number of nitrogens with zero attached hydrogens (tertiary/aromatic N) is 1. The fourth-order valence-electron chi connectivity index (χ4n) is 2.73. The third-order valence-electron chi connectivity index (χ3n) is 3.87. The van der Waals surface area contributed by atoms with Crippen LogP contribution in [0.1, 0.15) is 34.7 Å². The lowest BCUT2D eigenvalue weighted by Crippen LogP contribution is -2.37. The van der Waals surface area contributed by atoms with Gasteiger partial charge >= 0.3 is 0 Å². The standard InChI is InChI=1S/C16H16FNOS/c17-15-3-1-2-13(10-15)16(19)18-7-4-12(5-8-18)14-6-9-20-11-14/h1-3,6,9-12H,4-5,7-8H2. The summed E-state index contributed by atoms with van der Waals surface area (Å²) in [6.45, 7) is 1.49. The first kappa shape index (κ1) is 13.3. The molecule has 0 atom stereocenters. The zero-order valence-corrected chi connectivity index (χ0v) is 11.9. The molecule has 20 heavy (non-hydrogen) atoms. The highest BCUT2D eigenvalue weighted by atomic mass is 32.1. The van der Waals surface area contributed by atoms with Gasteiger partial charge in [0.25, 0.3) is 5.91 Å². The highest BCUT2D eigenvalue weighted by Gasteiger charge is 2.24. The minimum absolute atomic E-state index is 0.0618. The van der Waals surface area contributed by atoms with E-state index in [9.17, 15) is 9.18 Å². The number of rotatable bonds is 2. The lowest BCUT2D eigenvalue weighted by Gasteiger charge is -2.31. The number of halogens is 1. The molecule has 1 aromatic carbocycles. The van der Waals surface area contributed by atoms with Gasteiger partial charge in [0.05, 0.1) is 0 Å². The lowest BCUT2D eigenvalue weighted by atomic mass is 9.91. The summed E-state index contributed by atoms with van der Waals surface area (Å²) in [5, 5.41) is 4.29. The van der Waals surface area contributed by atoms with Gasteiger partial charge in [-0.15, -0.1) is 0 Å². The second-order valence-electron chi connectivity index (χ2n) is 5.13. The predicted octanol–water partition coefficient (Wildman–Crippen LogP) is 3.91. The third-order valence-corrected chi connectivity index (χ3v) is 4.57. The molecule has 1 saturated heterocycles. The predicted molar refractivity (Wildman–Crippen MR) is 78.6 cm³/mol. The van der Waals surface area contributed by atoms with E-state index >= 15 is 0 Å². The van der Waals surface area contributed by atoms with Crippen molar-refractivity contribution in [2.75, 3.05) is 13.1 Å². The monoisotopic (exact) mass is 289 g/mol. The Morgan fingerprint density at radius 3 is 2.70 bits per heavy atom. The van der Waals surface area contributed by atoms with E-state index in [1.807, 2.05) is 4.90 Å². The topological polar surface area (TPSA) is 20.3 Å². The Labute approximate surface area is 121 Å². The second-order valence-corrected chi connectivity index (χ2v) is 5.91. The van der Waals surface area contributed by atoms with Gasteiger partial charge in [-0.3, -0.25) is 4.79 Å². The van der Waals surface area contributed by atoms with Crippen LogP contribution in [-0.2, 0) is 0 Å². The normalized spacial score (nSPS) is 16.4. The molecule has 2 nitrogen and oxygen atoms in total.